The second kappa shape index (κ2) is 4.14. The third-order valence-corrected chi connectivity index (χ3v) is 2.94. The van der Waals surface area contributed by atoms with Crippen molar-refractivity contribution in [3.8, 4) is 11.4 Å². The van der Waals surface area contributed by atoms with Crippen LogP contribution in [0.3, 0.4) is 0 Å². The third-order valence-electron chi connectivity index (χ3n) is 2.51. The number of nitrogens with one attached hydrogen (secondary N) is 1. The number of aromatic nitrogens is 3. The largest absolute Gasteiger partial charge is 0.357 e. The Morgan fingerprint density at radius 1 is 1.31 bits per heavy atom. The summed E-state index contributed by atoms with van der Waals surface area (Å²) in [7, 11) is 3.74. The minimum atomic E-state index is 0.739. The molecule has 2 aromatic rings. The van der Waals surface area contributed by atoms with E-state index in [1.54, 1.807) is 0 Å². The summed E-state index contributed by atoms with van der Waals surface area (Å²) >= 11 is 5.99. The summed E-state index contributed by atoms with van der Waals surface area (Å²) in [6.07, 6.45) is 0. The van der Waals surface area contributed by atoms with Crippen LogP contribution in [0.1, 0.15) is 5.56 Å². The molecule has 16 heavy (non-hydrogen) atoms. The van der Waals surface area contributed by atoms with Gasteiger partial charge in [0.15, 0.2) is 5.82 Å². The van der Waals surface area contributed by atoms with E-state index < -0.39 is 0 Å². The first-order valence-corrected chi connectivity index (χ1v) is 5.35. The zero-order valence-electron chi connectivity index (χ0n) is 9.45. The maximum Gasteiger partial charge on any atom is 0.224 e. The second-order valence-electron chi connectivity index (χ2n) is 3.62. The molecule has 0 aliphatic rings. The predicted octanol–water partition coefficient (Wildman–Crippen LogP) is 2.49. The fourth-order valence-electron chi connectivity index (χ4n) is 1.58. The molecule has 0 aliphatic carbocycles. The Hall–Kier alpha value is -1.55. The molecule has 0 spiro atoms. The van der Waals surface area contributed by atoms with Gasteiger partial charge < -0.3 is 5.32 Å². The molecule has 84 valence electrons. The van der Waals surface area contributed by atoms with Crippen molar-refractivity contribution < 1.29 is 0 Å². The highest BCUT2D eigenvalue weighted by Crippen LogP contribution is 2.24. The highest BCUT2D eigenvalue weighted by Gasteiger charge is 2.09. The zero-order chi connectivity index (χ0) is 11.7. The lowest BCUT2D eigenvalue weighted by molar-refractivity contribution is 0.925. The van der Waals surface area contributed by atoms with Gasteiger partial charge >= 0.3 is 0 Å². The number of halogens is 1. The van der Waals surface area contributed by atoms with Crippen LogP contribution in [0.25, 0.3) is 11.4 Å². The first kappa shape index (κ1) is 11.0. The van der Waals surface area contributed by atoms with Crippen LogP contribution >= 0.6 is 11.6 Å². The highest BCUT2D eigenvalue weighted by molar-refractivity contribution is 6.31. The maximum absolute atomic E-state index is 5.99. The predicted molar refractivity (Wildman–Crippen MR) is 65.7 cm³/mol. The van der Waals surface area contributed by atoms with Crippen molar-refractivity contribution in [2.24, 2.45) is 7.05 Å². The molecular formula is C11H13ClN4. The third kappa shape index (κ3) is 1.76. The number of nitrogens with zero attached hydrogens (tertiary/aromatic N) is 3. The topological polar surface area (TPSA) is 42.7 Å². The molecule has 0 bridgehead atoms. The van der Waals surface area contributed by atoms with Crippen molar-refractivity contribution in [2.75, 3.05) is 12.4 Å². The Morgan fingerprint density at radius 2 is 2.06 bits per heavy atom. The second-order valence-corrected chi connectivity index (χ2v) is 4.03. The van der Waals surface area contributed by atoms with E-state index in [9.17, 15) is 0 Å². The fraction of sp³-hybridized carbons (Fsp3) is 0.273. The van der Waals surface area contributed by atoms with E-state index in [0.29, 0.717) is 0 Å². The fourth-order valence-corrected chi connectivity index (χ4v) is 1.70. The molecule has 0 fully saturated rings. The van der Waals surface area contributed by atoms with Gasteiger partial charge in [0.05, 0.1) is 0 Å². The van der Waals surface area contributed by atoms with Crippen LogP contribution in [0.5, 0.6) is 0 Å². The summed E-state index contributed by atoms with van der Waals surface area (Å²) < 4.78 is 1.91. The van der Waals surface area contributed by atoms with Crippen LogP contribution in [0.4, 0.5) is 5.95 Å². The summed E-state index contributed by atoms with van der Waals surface area (Å²) in [6.45, 7) is 1.97. The smallest absolute Gasteiger partial charge is 0.224 e. The van der Waals surface area contributed by atoms with Gasteiger partial charge in [-0.25, -0.2) is 0 Å². The SMILES string of the molecule is CNc1nnc(-c2ccc(Cl)c(C)c2)n1C. The minimum absolute atomic E-state index is 0.739. The molecule has 1 N–H and O–H groups in total. The number of aryl methyl sites for hydroxylation is 1. The summed E-state index contributed by atoms with van der Waals surface area (Å²) in [5, 5.41) is 11.9. The van der Waals surface area contributed by atoms with E-state index in [1.807, 2.05) is 43.8 Å². The van der Waals surface area contributed by atoms with Gasteiger partial charge in [-0.1, -0.05) is 11.6 Å². The van der Waals surface area contributed by atoms with Crippen LogP contribution in [-0.4, -0.2) is 21.8 Å². The Morgan fingerprint density at radius 3 is 2.62 bits per heavy atom. The quantitative estimate of drug-likeness (QED) is 0.871. The average Bonchev–Trinajstić information content (AvgIpc) is 2.64. The van der Waals surface area contributed by atoms with Crippen molar-refractivity contribution in [1.82, 2.24) is 14.8 Å². The van der Waals surface area contributed by atoms with Crippen molar-refractivity contribution in [3.05, 3.63) is 28.8 Å². The van der Waals surface area contributed by atoms with Gasteiger partial charge in [-0.3, -0.25) is 4.57 Å². The zero-order valence-corrected chi connectivity index (χ0v) is 10.2. The molecule has 4 nitrogen and oxygen atoms in total. The van der Waals surface area contributed by atoms with E-state index in [-0.39, 0.29) is 0 Å². The average molecular weight is 237 g/mol. The Balaban J connectivity index is 2.50. The van der Waals surface area contributed by atoms with E-state index in [2.05, 4.69) is 15.5 Å². The lowest BCUT2D eigenvalue weighted by atomic mass is 10.1. The Labute approximate surface area is 99.3 Å². The molecule has 0 atom stereocenters. The van der Waals surface area contributed by atoms with Crippen LogP contribution in [0.2, 0.25) is 5.02 Å². The molecular weight excluding hydrogens is 224 g/mol. The lowest BCUT2D eigenvalue weighted by Gasteiger charge is -2.04. The van der Waals surface area contributed by atoms with Gasteiger partial charge in [0, 0.05) is 24.7 Å². The van der Waals surface area contributed by atoms with Crippen LogP contribution < -0.4 is 5.32 Å². The van der Waals surface area contributed by atoms with Crippen LogP contribution in [0, 0.1) is 6.92 Å². The number of hydrogen-bond acceptors (Lipinski definition) is 3. The van der Waals surface area contributed by atoms with Crippen molar-refractivity contribution in [1.29, 1.82) is 0 Å². The summed E-state index contributed by atoms with van der Waals surface area (Å²) in [5.41, 5.74) is 2.05. The molecule has 5 heteroatoms. The van der Waals surface area contributed by atoms with E-state index in [0.717, 1.165) is 27.9 Å². The molecule has 0 saturated heterocycles. The first-order valence-electron chi connectivity index (χ1n) is 4.97. The van der Waals surface area contributed by atoms with E-state index >= 15 is 0 Å². The molecule has 0 saturated carbocycles. The summed E-state index contributed by atoms with van der Waals surface area (Å²) in [4.78, 5) is 0. The molecule has 1 heterocycles. The van der Waals surface area contributed by atoms with Gasteiger partial charge in [-0.2, -0.15) is 0 Å². The summed E-state index contributed by atoms with van der Waals surface area (Å²) in [6, 6.07) is 5.82. The van der Waals surface area contributed by atoms with Crippen molar-refractivity contribution in [2.45, 2.75) is 6.92 Å². The van der Waals surface area contributed by atoms with Gasteiger partial charge in [0.1, 0.15) is 0 Å². The van der Waals surface area contributed by atoms with Crippen molar-refractivity contribution in [3.63, 3.8) is 0 Å². The summed E-state index contributed by atoms with van der Waals surface area (Å²) in [5.74, 6) is 1.56. The van der Waals surface area contributed by atoms with Gasteiger partial charge in [-0.15, -0.1) is 10.2 Å². The van der Waals surface area contributed by atoms with Gasteiger partial charge in [0.25, 0.3) is 0 Å². The Kier molecular flexibility index (Phi) is 2.83. The molecule has 1 aromatic carbocycles. The monoisotopic (exact) mass is 236 g/mol. The van der Waals surface area contributed by atoms with Crippen molar-refractivity contribution >= 4 is 17.5 Å². The molecule has 2 rings (SSSR count). The molecule has 0 amide bonds. The number of anilines is 1. The molecule has 0 aliphatic heterocycles. The van der Waals surface area contributed by atoms with Gasteiger partial charge in [-0.05, 0) is 30.7 Å². The Bertz CT molecular complexity index is 519. The normalized spacial score (nSPS) is 10.5. The van der Waals surface area contributed by atoms with Crippen LogP contribution in [-0.2, 0) is 7.05 Å². The molecule has 0 unspecified atom stereocenters. The first-order chi connectivity index (χ1) is 7.63. The van der Waals surface area contributed by atoms with Gasteiger partial charge in [0.2, 0.25) is 5.95 Å². The van der Waals surface area contributed by atoms with E-state index in [1.165, 1.54) is 0 Å². The number of rotatable bonds is 2. The van der Waals surface area contributed by atoms with Crippen LogP contribution in [0.15, 0.2) is 18.2 Å². The number of benzene rings is 1. The van der Waals surface area contributed by atoms with E-state index in [4.69, 9.17) is 11.6 Å². The molecule has 1 aromatic heterocycles. The molecule has 0 radical (unpaired) electrons. The maximum atomic E-state index is 5.99. The number of hydrogen-bond donors (Lipinski definition) is 1. The standard InChI is InChI=1S/C11H13ClN4/c1-7-6-8(4-5-9(7)12)10-14-15-11(13-2)16(10)3/h4-6H,1-3H3,(H,13,15). The lowest BCUT2D eigenvalue weighted by Crippen LogP contribution is -1.99. The highest BCUT2D eigenvalue weighted by atomic mass is 35.5. The minimum Gasteiger partial charge on any atom is -0.357 e.